The van der Waals surface area contributed by atoms with Crippen LogP contribution in [0.3, 0.4) is 0 Å². The van der Waals surface area contributed by atoms with Crippen molar-refractivity contribution >= 4 is 21.8 Å². The molecular formula is C22H28F2N4O5S. The van der Waals surface area contributed by atoms with E-state index in [4.69, 9.17) is 4.52 Å². The minimum absolute atomic E-state index is 0.0209. The van der Waals surface area contributed by atoms with Gasteiger partial charge in [0.1, 0.15) is 22.2 Å². The molecule has 34 heavy (non-hydrogen) atoms. The van der Waals surface area contributed by atoms with Crippen molar-refractivity contribution in [2.45, 2.75) is 57.0 Å². The molecule has 2 N–H and O–H groups in total. The molecule has 0 bridgehead atoms. The van der Waals surface area contributed by atoms with Crippen LogP contribution in [-0.2, 0) is 26.2 Å². The molecule has 1 saturated heterocycles. The highest BCUT2D eigenvalue weighted by Crippen LogP contribution is 2.22. The second-order valence-electron chi connectivity index (χ2n) is 8.57. The maximum absolute atomic E-state index is 13.4. The number of aryl methyl sites for hydroxylation is 2. The third-order valence-electron chi connectivity index (χ3n) is 5.76. The molecule has 1 aromatic carbocycles. The Morgan fingerprint density at radius 2 is 1.88 bits per heavy atom. The van der Waals surface area contributed by atoms with Crippen LogP contribution in [0.15, 0.2) is 27.6 Å². The van der Waals surface area contributed by atoms with Crippen LogP contribution in [0.25, 0.3) is 0 Å². The van der Waals surface area contributed by atoms with Gasteiger partial charge in [0, 0.05) is 44.6 Å². The van der Waals surface area contributed by atoms with E-state index >= 15 is 0 Å². The third kappa shape index (κ3) is 6.38. The molecule has 1 aliphatic heterocycles. The molecule has 186 valence electrons. The van der Waals surface area contributed by atoms with E-state index in [9.17, 15) is 26.8 Å². The fraction of sp³-hybridized carbons (Fsp3) is 0.500. The highest BCUT2D eigenvalue weighted by Gasteiger charge is 2.31. The molecule has 0 unspecified atom stereocenters. The van der Waals surface area contributed by atoms with Crippen LogP contribution in [0, 0.1) is 31.4 Å². The molecule has 0 aliphatic carbocycles. The van der Waals surface area contributed by atoms with Crippen molar-refractivity contribution in [2.75, 3.05) is 13.6 Å². The van der Waals surface area contributed by atoms with Gasteiger partial charge in [-0.05, 0) is 44.4 Å². The number of likely N-dealkylation sites (N-methyl/N-ethyl adjacent to an activating group) is 1. The average Bonchev–Trinajstić information content (AvgIpc) is 3.10. The number of carbonyl (C=O) groups is 2. The molecule has 1 aliphatic rings. The summed E-state index contributed by atoms with van der Waals surface area (Å²) in [7, 11) is -2.37. The van der Waals surface area contributed by atoms with Gasteiger partial charge in [-0.2, -0.15) is 0 Å². The molecule has 9 nitrogen and oxygen atoms in total. The molecular weight excluding hydrogens is 470 g/mol. The number of hydrogen-bond donors (Lipinski definition) is 2. The number of nitrogens with one attached hydrogen (secondary N) is 2. The van der Waals surface area contributed by atoms with Crippen LogP contribution < -0.4 is 10.0 Å². The minimum Gasteiger partial charge on any atom is -0.360 e. The van der Waals surface area contributed by atoms with Crippen LogP contribution in [0.5, 0.6) is 0 Å². The van der Waals surface area contributed by atoms with Gasteiger partial charge >= 0.3 is 0 Å². The maximum atomic E-state index is 13.4. The number of sulfonamides is 1. The largest absolute Gasteiger partial charge is 0.360 e. The lowest BCUT2D eigenvalue weighted by Crippen LogP contribution is -2.44. The molecule has 0 radical (unpaired) electrons. The fourth-order valence-corrected chi connectivity index (χ4v) is 5.70. The molecule has 0 spiro atoms. The van der Waals surface area contributed by atoms with Crippen molar-refractivity contribution in [1.82, 2.24) is 20.1 Å². The molecule has 2 atom stereocenters. The van der Waals surface area contributed by atoms with Crippen molar-refractivity contribution in [1.29, 1.82) is 0 Å². The summed E-state index contributed by atoms with van der Waals surface area (Å²) in [6.07, 6.45) is 1.19. The molecule has 2 heterocycles. The smallest absolute Gasteiger partial charge is 0.246 e. The Morgan fingerprint density at radius 1 is 1.21 bits per heavy atom. The zero-order chi connectivity index (χ0) is 25.0. The standard InChI is InChI=1S/C22H28F2N4O5S/c1-13-21(14(2)33-26-13)34(31,32)27-19-6-4-5-16(9-20(29)28(3)12-19)22(30)25-11-15-7-17(23)10-18(24)8-15/h7-8,10,16,19,27H,4-6,9,11-12H2,1-3H3,(H,25,30)/t16-,19-/m1/s1. The number of rotatable bonds is 6. The predicted octanol–water partition coefficient (Wildman–Crippen LogP) is 2.18. The maximum Gasteiger partial charge on any atom is 0.246 e. The molecule has 12 heteroatoms. The fourth-order valence-electron chi connectivity index (χ4n) is 4.11. The summed E-state index contributed by atoms with van der Waals surface area (Å²) in [4.78, 5) is 26.8. The highest BCUT2D eigenvalue weighted by atomic mass is 32.2. The molecule has 1 aromatic heterocycles. The Bertz CT molecular complexity index is 1130. The first-order chi connectivity index (χ1) is 16.0. The minimum atomic E-state index is -3.92. The van der Waals surface area contributed by atoms with Crippen LogP contribution in [0.1, 0.15) is 42.7 Å². The van der Waals surface area contributed by atoms with Gasteiger partial charge in [-0.25, -0.2) is 21.9 Å². The third-order valence-corrected chi connectivity index (χ3v) is 7.53. The summed E-state index contributed by atoms with van der Waals surface area (Å²) in [5.74, 6) is -2.66. The summed E-state index contributed by atoms with van der Waals surface area (Å²) in [6, 6.07) is 2.43. The van der Waals surface area contributed by atoms with Gasteiger partial charge in [0.15, 0.2) is 5.76 Å². The lowest BCUT2D eigenvalue weighted by Gasteiger charge is -2.24. The average molecular weight is 499 g/mol. The Balaban J connectivity index is 1.65. The topological polar surface area (TPSA) is 122 Å². The number of hydrogen-bond acceptors (Lipinski definition) is 6. The van der Waals surface area contributed by atoms with E-state index in [-0.39, 0.29) is 47.3 Å². The summed E-state index contributed by atoms with van der Waals surface area (Å²) in [6.45, 7) is 3.10. The first kappa shape index (κ1) is 25.8. The number of benzene rings is 1. The van der Waals surface area contributed by atoms with E-state index in [0.29, 0.717) is 19.3 Å². The van der Waals surface area contributed by atoms with Crippen LogP contribution in [0.4, 0.5) is 8.78 Å². The van der Waals surface area contributed by atoms with Gasteiger partial charge < -0.3 is 14.7 Å². The van der Waals surface area contributed by atoms with Crippen LogP contribution >= 0.6 is 0 Å². The second-order valence-corrected chi connectivity index (χ2v) is 10.2. The normalized spacial score (nSPS) is 19.9. The van der Waals surface area contributed by atoms with Crippen molar-refractivity contribution in [3.63, 3.8) is 0 Å². The van der Waals surface area contributed by atoms with Gasteiger partial charge in [-0.15, -0.1) is 0 Å². The highest BCUT2D eigenvalue weighted by molar-refractivity contribution is 7.89. The molecule has 0 saturated carbocycles. The van der Waals surface area contributed by atoms with Crippen LogP contribution in [0.2, 0.25) is 0 Å². The van der Waals surface area contributed by atoms with Gasteiger partial charge in [0.25, 0.3) is 0 Å². The van der Waals surface area contributed by atoms with Crippen molar-refractivity contribution < 1.29 is 31.3 Å². The van der Waals surface area contributed by atoms with E-state index < -0.39 is 39.5 Å². The summed E-state index contributed by atoms with van der Waals surface area (Å²) in [5.41, 5.74) is 0.513. The van der Waals surface area contributed by atoms with E-state index in [1.54, 1.807) is 7.05 Å². The zero-order valence-corrected chi connectivity index (χ0v) is 20.0. The summed E-state index contributed by atoms with van der Waals surface area (Å²) >= 11 is 0. The zero-order valence-electron chi connectivity index (χ0n) is 19.2. The first-order valence-corrected chi connectivity index (χ1v) is 12.4. The van der Waals surface area contributed by atoms with Crippen molar-refractivity contribution in [2.24, 2.45) is 5.92 Å². The second kappa shape index (κ2) is 10.6. The molecule has 2 amide bonds. The Kier molecular flexibility index (Phi) is 8.03. The van der Waals surface area contributed by atoms with E-state index in [1.807, 2.05) is 0 Å². The number of aromatic nitrogens is 1. The number of carbonyl (C=O) groups excluding carboxylic acids is 2. The number of halogens is 2. The molecule has 3 rings (SSSR count). The summed E-state index contributed by atoms with van der Waals surface area (Å²) < 4.78 is 60.1. The van der Waals surface area contributed by atoms with E-state index in [2.05, 4.69) is 15.2 Å². The van der Waals surface area contributed by atoms with Gasteiger partial charge in [-0.1, -0.05) is 11.6 Å². The lowest BCUT2D eigenvalue weighted by atomic mass is 9.96. The molecule has 2 aromatic rings. The van der Waals surface area contributed by atoms with Crippen molar-refractivity contribution in [3.8, 4) is 0 Å². The summed E-state index contributed by atoms with van der Waals surface area (Å²) in [5, 5.41) is 6.32. The number of amides is 2. The monoisotopic (exact) mass is 498 g/mol. The van der Waals surface area contributed by atoms with Gasteiger partial charge in [0.05, 0.1) is 0 Å². The van der Waals surface area contributed by atoms with Crippen molar-refractivity contribution in [3.05, 3.63) is 46.9 Å². The van der Waals surface area contributed by atoms with E-state index in [0.717, 1.165) is 18.2 Å². The van der Waals surface area contributed by atoms with Gasteiger partial charge in [-0.3, -0.25) is 9.59 Å². The SMILES string of the molecule is Cc1noc(C)c1S(=O)(=O)N[C@@H]1CCC[C@@H](C(=O)NCc2cc(F)cc(F)c2)CC(=O)N(C)C1. The lowest BCUT2D eigenvalue weighted by molar-refractivity contribution is -0.135. The van der Waals surface area contributed by atoms with E-state index in [1.165, 1.54) is 18.7 Å². The van der Waals surface area contributed by atoms with Crippen LogP contribution in [-0.4, -0.2) is 49.9 Å². The predicted molar refractivity (Wildman–Crippen MR) is 118 cm³/mol. The Labute approximate surface area is 196 Å². The Morgan fingerprint density at radius 3 is 2.50 bits per heavy atom. The number of nitrogens with zero attached hydrogens (tertiary/aromatic N) is 2. The van der Waals surface area contributed by atoms with Gasteiger partial charge in [0.2, 0.25) is 21.8 Å². The molecule has 1 fully saturated rings. The quantitative estimate of drug-likeness (QED) is 0.630. The Hall–Kier alpha value is -2.86. The first-order valence-electron chi connectivity index (χ1n) is 10.9.